The molecule has 1 aromatic rings. The Balaban J connectivity index is 2.68. The zero-order chi connectivity index (χ0) is 16.1. The fourth-order valence-corrected chi connectivity index (χ4v) is 3.13. The molecule has 1 atom stereocenters. The number of rotatable bonds is 7. The quantitative estimate of drug-likeness (QED) is 0.668. The first-order chi connectivity index (χ1) is 9.64. The van der Waals surface area contributed by atoms with Crippen LogP contribution in [0.1, 0.15) is 25.3 Å². The zero-order valence-corrected chi connectivity index (χ0v) is 13.4. The van der Waals surface area contributed by atoms with E-state index >= 15 is 0 Å². The molecule has 1 rings (SSSR count). The lowest BCUT2D eigenvalue weighted by Gasteiger charge is -2.26. The number of hydrogen-bond donors (Lipinski definition) is 3. The summed E-state index contributed by atoms with van der Waals surface area (Å²) in [5.41, 5.74) is 5.75. The molecule has 0 aliphatic rings. The predicted octanol–water partition coefficient (Wildman–Crippen LogP) is 0.173. The van der Waals surface area contributed by atoms with Crippen molar-refractivity contribution in [2.75, 3.05) is 19.3 Å². The normalized spacial score (nSPS) is 13.7. The zero-order valence-electron chi connectivity index (χ0n) is 12.6. The van der Waals surface area contributed by atoms with Crippen molar-refractivity contribution in [1.82, 2.24) is 10.0 Å². The maximum Gasteiger partial charge on any atom is 0.228 e. The topological polar surface area (TPSA) is 101 Å². The van der Waals surface area contributed by atoms with E-state index in [-0.39, 0.29) is 19.0 Å². The second-order valence-electron chi connectivity index (χ2n) is 5.67. The van der Waals surface area contributed by atoms with E-state index < -0.39 is 21.5 Å². The molecule has 0 radical (unpaired) electrons. The monoisotopic (exact) mass is 313 g/mol. The van der Waals surface area contributed by atoms with Crippen LogP contribution in [-0.4, -0.2) is 39.2 Å². The van der Waals surface area contributed by atoms with E-state index in [0.717, 1.165) is 11.8 Å². The molecule has 118 valence electrons. The fourth-order valence-electron chi connectivity index (χ4n) is 2.05. The number of carbonyl (C=O) groups excluding carboxylic acids is 1. The van der Waals surface area contributed by atoms with Crippen LogP contribution in [0.3, 0.4) is 0 Å². The molecule has 0 aliphatic carbocycles. The predicted molar refractivity (Wildman–Crippen MR) is 83.3 cm³/mol. The molecule has 0 aromatic heterocycles. The van der Waals surface area contributed by atoms with Gasteiger partial charge in [0.05, 0.1) is 12.2 Å². The number of hydrogen-bond acceptors (Lipinski definition) is 4. The molecule has 0 saturated carbocycles. The van der Waals surface area contributed by atoms with E-state index in [9.17, 15) is 13.2 Å². The third-order valence-electron chi connectivity index (χ3n) is 2.92. The van der Waals surface area contributed by atoms with Gasteiger partial charge in [0.25, 0.3) is 0 Å². The van der Waals surface area contributed by atoms with E-state index in [1.807, 2.05) is 30.3 Å². The van der Waals surface area contributed by atoms with Gasteiger partial charge in [0.2, 0.25) is 15.9 Å². The molecule has 0 fully saturated rings. The number of sulfonamides is 1. The van der Waals surface area contributed by atoms with Crippen molar-refractivity contribution >= 4 is 15.9 Å². The summed E-state index contributed by atoms with van der Waals surface area (Å²) in [5, 5.41) is 2.75. The van der Waals surface area contributed by atoms with Crippen LogP contribution >= 0.6 is 0 Å². The summed E-state index contributed by atoms with van der Waals surface area (Å²) in [4.78, 5) is 12.2. The minimum Gasteiger partial charge on any atom is -0.354 e. The van der Waals surface area contributed by atoms with E-state index in [2.05, 4.69) is 10.0 Å². The van der Waals surface area contributed by atoms with E-state index in [0.29, 0.717) is 0 Å². The number of amides is 1. The maximum atomic E-state index is 12.2. The van der Waals surface area contributed by atoms with Crippen molar-refractivity contribution in [1.29, 1.82) is 0 Å². The van der Waals surface area contributed by atoms with Gasteiger partial charge < -0.3 is 11.1 Å². The van der Waals surface area contributed by atoms with Gasteiger partial charge in [-0.1, -0.05) is 30.3 Å². The lowest BCUT2D eigenvalue weighted by Crippen LogP contribution is -2.51. The highest BCUT2D eigenvalue weighted by atomic mass is 32.2. The second-order valence-corrected chi connectivity index (χ2v) is 7.42. The molecule has 6 nitrogen and oxygen atoms in total. The Kier molecular flexibility index (Phi) is 5.88. The summed E-state index contributed by atoms with van der Waals surface area (Å²) in [6, 6.07) is 9.25. The van der Waals surface area contributed by atoms with E-state index in [1.54, 1.807) is 13.8 Å². The Hall–Kier alpha value is -1.44. The highest BCUT2D eigenvalue weighted by molar-refractivity contribution is 7.88. The SMILES string of the molecule is CC(C)(CNC(=O)C(CN)c1ccccc1)NS(C)(=O)=O. The summed E-state index contributed by atoms with van der Waals surface area (Å²) in [5.74, 6) is -0.660. The third-order valence-corrected chi connectivity index (χ3v) is 3.84. The van der Waals surface area contributed by atoms with Crippen LogP contribution < -0.4 is 15.8 Å². The summed E-state index contributed by atoms with van der Waals surface area (Å²) in [6.45, 7) is 3.78. The summed E-state index contributed by atoms with van der Waals surface area (Å²) in [7, 11) is -3.33. The molecule has 1 amide bonds. The van der Waals surface area contributed by atoms with Crippen LogP contribution in [0, 0.1) is 0 Å². The molecule has 4 N–H and O–H groups in total. The van der Waals surface area contributed by atoms with Crippen molar-refractivity contribution in [2.24, 2.45) is 5.73 Å². The fraction of sp³-hybridized carbons (Fsp3) is 0.500. The van der Waals surface area contributed by atoms with Crippen LogP contribution in [0.25, 0.3) is 0 Å². The molecule has 0 spiro atoms. The van der Waals surface area contributed by atoms with Crippen LogP contribution in [0.15, 0.2) is 30.3 Å². The third kappa shape index (κ3) is 6.24. The molecular weight excluding hydrogens is 290 g/mol. The van der Waals surface area contributed by atoms with Crippen LogP contribution in [-0.2, 0) is 14.8 Å². The summed E-state index contributed by atoms with van der Waals surface area (Å²) in [6.07, 6.45) is 1.09. The summed E-state index contributed by atoms with van der Waals surface area (Å²) < 4.78 is 25.0. The summed E-state index contributed by atoms with van der Waals surface area (Å²) >= 11 is 0. The Bertz CT molecular complexity index is 570. The largest absolute Gasteiger partial charge is 0.354 e. The maximum absolute atomic E-state index is 12.2. The Morgan fingerprint density at radius 2 is 1.86 bits per heavy atom. The molecule has 21 heavy (non-hydrogen) atoms. The Morgan fingerprint density at radius 1 is 1.29 bits per heavy atom. The van der Waals surface area contributed by atoms with Gasteiger partial charge in [-0.25, -0.2) is 13.1 Å². The Labute approximate surface area is 126 Å². The van der Waals surface area contributed by atoms with Crippen molar-refractivity contribution < 1.29 is 13.2 Å². The molecule has 1 aromatic carbocycles. The van der Waals surface area contributed by atoms with Gasteiger partial charge >= 0.3 is 0 Å². The van der Waals surface area contributed by atoms with Gasteiger partial charge in [-0.3, -0.25) is 4.79 Å². The number of carbonyl (C=O) groups is 1. The van der Waals surface area contributed by atoms with E-state index in [1.165, 1.54) is 0 Å². The molecule has 0 heterocycles. The average molecular weight is 313 g/mol. The molecular formula is C14H23N3O3S. The van der Waals surface area contributed by atoms with Crippen LogP contribution in [0.4, 0.5) is 0 Å². The van der Waals surface area contributed by atoms with Crippen molar-refractivity contribution in [2.45, 2.75) is 25.3 Å². The van der Waals surface area contributed by atoms with Gasteiger partial charge in [0.15, 0.2) is 0 Å². The van der Waals surface area contributed by atoms with Gasteiger partial charge in [-0.2, -0.15) is 0 Å². The molecule has 0 bridgehead atoms. The van der Waals surface area contributed by atoms with E-state index in [4.69, 9.17) is 5.73 Å². The molecule has 1 unspecified atom stereocenters. The number of benzene rings is 1. The lowest BCUT2D eigenvalue weighted by atomic mass is 9.98. The number of nitrogens with two attached hydrogens (primary N) is 1. The highest BCUT2D eigenvalue weighted by Gasteiger charge is 2.25. The first-order valence-electron chi connectivity index (χ1n) is 6.66. The smallest absolute Gasteiger partial charge is 0.228 e. The minimum absolute atomic E-state index is 0.183. The number of nitrogens with one attached hydrogen (secondary N) is 2. The van der Waals surface area contributed by atoms with Crippen LogP contribution in [0.2, 0.25) is 0 Å². The van der Waals surface area contributed by atoms with Crippen molar-refractivity contribution in [3.8, 4) is 0 Å². The second kappa shape index (κ2) is 7.02. The van der Waals surface area contributed by atoms with Gasteiger partial charge in [-0.15, -0.1) is 0 Å². The van der Waals surface area contributed by atoms with Crippen molar-refractivity contribution in [3.63, 3.8) is 0 Å². The first-order valence-corrected chi connectivity index (χ1v) is 8.55. The lowest BCUT2D eigenvalue weighted by molar-refractivity contribution is -0.122. The Morgan fingerprint density at radius 3 is 2.33 bits per heavy atom. The van der Waals surface area contributed by atoms with Gasteiger partial charge in [0.1, 0.15) is 0 Å². The molecule has 0 aliphatic heterocycles. The minimum atomic E-state index is -3.33. The van der Waals surface area contributed by atoms with Gasteiger partial charge in [0, 0.05) is 18.6 Å². The average Bonchev–Trinajstić information content (AvgIpc) is 2.36. The highest BCUT2D eigenvalue weighted by Crippen LogP contribution is 2.14. The molecule has 7 heteroatoms. The van der Waals surface area contributed by atoms with Crippen LogP contribution in [0.5, 0.6) is 0 Å². The first kappa shape index (κ1) is 17.6. The molecule has 0 saturated heterocycles. The van der Waals surface area contributed by atoms with Crippen molar-refractivity contribution in [3.05, 3.63) is 35.9 Å². The standard InChI is InChI=1S/C14H23N3O3S/c1-14(2,17-21(3,19)20)10-16-13(18)12(9-15)11-7-5-4-6-8-11/h4-8,12,17H,9-10,15H2,1-3H3,(H,16,18). The van der Waals surface area contributed by atoms with Gasteiger partial charge in [-0.05, 0) is 19.4 Å².